The molecule has 1 aromatic carbocycles. The normalized spacial score (nSPS) is 22.1. The summed E-state index contributed by atoms with van der Waals surface area (Å²) in [6, 6.07) is 5.62. The van der Waals surface area contributed by atoms with Crippen LogP contribution in [0.25, 0.3) is 0 Å². The van der Waals surface area contributed by atoms with Crippen LogP contribution in [-0.4, -0.2) is 24.7 Å². The molecule has 1 N–H and O–H groups in total. The fraction of sp³-hybridized carbons (Fsp3) is 0.625. The van der Waals surface area contributed by atoms with Crippen molar-refractivity contribution in [2.75, 3.05) is 18.0 Å². The molecule has 1 unspecified atom stereocenters. The van der Waals surface area contributed by atoms with E-state index in [0.717, 1.165) is 35.9 Å². The standard InChI is InChI=1S/C16H24FIN2/c1-4-13-10-19-16(5-2,6-3)11-20(13)15-8-7-12(17)9-14(15)18/h7-9,13,19H,4-6,10-11H2,1-3H3. The molecule has 1 atom stereocenters. The summed E-state index contributed by atoms with van der Waals surface area (Å²) in [5.41, 5.74) is 1.36. The Kier molecular flexibility index (Phi) is 5.29. The smallest absolute Gasteiger partial charge is 0.124 e. The second-order valence-corrected chi connectivity index (χ2v) is 6.82. The number of benzene rings is 1. The monoisotopic (exact) mass is 390 g/mol. The third kappa shape index (κ3) is 3.11. The number of anilines is 1. The molecule has 0 spiro atoms. The number of halogens is 2. The van der Waals surface area contributed by atoms with Gasteiger partial charge in [0.15, 0.2) is 0 Å². The van der Waals surface area contributed by atoms with Crippen LogP contribution in [0.3, 0.4) is 0 Å². The lowest BCUT2D eigenvalue weighted by Crippen LogP contribution is -2.64. The van der Waals surface area contributed by atoms with E-state index in [4.69, 9.17) is 0 Å². The first-order chi connectivity index (χ1) is 9.55. The maximum absolute atomic E-state index is 13.3. The van der Waals surface area contributed by atoms with Crippen LogP contribution in [0.2, 0.25) is 0 Å². The predicted molar refractivity (Wildman–Crippen MR) is 91.9 cm³/mol. The molecule has 1 aliphatic rings. The van der Waals surface area contributed by atoms with Crippen molar-refractivity contribution in [2.45, 2.75) is 51.6 Å². The van der Waals surface area contributed by atoms with Gasteiger partial charge in [-0.15, -0.1) is 0 Å². The van der Waals surface area contributed by atoms with Gasteiger partial charge >= 0.3 is 0 Å². The Morgan fingerprint density at radius 2 is 2.05 bits per heavy atom. The summed E-state index contributed by atoms with van der Waals surface area (Å²) in [4.78, 5) is 2.48. The van der Waals surface area contributed by atoms with Crippen molar-refractivity contribution >= 4 is 28.3 Å². The first kappa shape index (κ1) is 16.0. The number of piperazine rings is 1. The zero-order valence-electron chi connectivity index (χ0n) is 12.5. The lowest BCUT2D eigenvalue weighted by Gasteiger charge is -2.48. The van der Waals surface area contributed by atoms with Gasteiger partial charge in [0, 0.05) is 28.2 Å². The third-order valence-electron chi connectivity index (χ3n) is 4.67. The Bertz CT molecular complexity index is 460. The van der Waals surface area contributed by atoms with Crippen molar-refractivity contribution in [1.82, 2.24) is 5.32 Å². The van der Waals surface area contributed by atoms with Crippen LogP contribution in [0.1, 0.15) is 40.0 Å². The van der Waals surface area contributed by atoms with Gasteiger partial charge in [-0.25, -0.2) is 4.39 Å². The molecule has 0 bridgehead atoms. The predicted octanol–water partition coefficient (Wildman–Crippen LogP) is 4.18. The molecular weight excluding hydrogens is 366 g/mol. The maximum Gasteiger partial charge on any atom is 0.124 e. The molecule has 0 saturated carbocycles. The first-order valence-corrected chi connectivity index (χ1v) is 8.59. The Morgan fingerprint density at radius 1 is 1.35 bits per heavy atom. The Hall–Kier alpha value is -0.360. The maximum atomic E-state index is 13.3. The molecule has 0 amide bonds. The van der Waals surface area contributed by atoms with Crippen molar-refractivity contribution < 1.29 is 4.39 Å². The topological polar surface area (TPSA) is 15.3 Å². The second-order valence-electron chi connectivity index (χ2n) is 5.65. The van der Waals surface area contributed by atoms with Crippen LogP contribution in [0.5, 0.6) is 0 Å². The fourth-order valence-electron chi connectivity index (χ4n) is 3.04. The quantitative estimate of drug-likeness (QED) is 0.777. The highest BCUT2D eigenvalue weighted by Gasteiger charge is 2.36. The molecule has 1 saturated heterocycles. The first-order valence-electron chi connectivity index (χ1n) is 7.52. The van der Waals surface area contributed by atoms with Crippen LogP contribution >= 0.6 is 22.6 Å². The molecule has 20 heavy (non-hydrogen) atoms. The minimum Gasteiger partial charge on any atom is -0.365 e. The molecule has 1 heterocycles. The van der Waals surface area contributed by atoms with Crippen LogP contribution in [0.4, 0.5) is 10.1 Å². The molecule has 2 nitrogen and oxygen atoms in total. The van der Waals surface area contributed by atoms with Gasteiger partial charge in [-0.1, -0.05) is 20.8 Å². The number of hydrogen-bond donors (Lipinski definition) is 1. The fourth-order valence-corrected chi connectivity index (χ4v) is 3.83. The Balaban J connectivity index is 2.33. The van der Waals surface area contributed by atoms with E-state index in [-0.39, 0.29) is 11.4 Å². The number of hydrogen-bond acceptors (Lipinski definition) is 2. The summed E-state index contributed by atoms with van der Waals surface area (Å²) in [6.07, 6.45) is 3.34. The molecule has 0 aliphatic carbocycles. The van der Waals surface area contributed by atoms with Crippen molar-refractivity contribution in [3.63, 3.8) is 0 Å². The van der Waals surface area contributed by atoms with Gasteiger partial charge in [-0.3, -0.25) is 0 Å². The highest BCUT2D eigenvalue weighted by molar-refractivity contribution is 14.1. The summed E-state index contributed by atoms with van der Waals surface area (Å²) in [7, 11) is 0. The number of nitrogens with zero attached hydrogens (tertiary/aromatic N) is 1. The van der Waals surface area contributed by atoms with E-state index in [0.29, 0.717) is 6.04 Å². The van der Waals surface area contributed by atoms with Gasteiger partial charge in [-0.05, 0) is 60.1 Å². The molecule has 4 heteroatoms. The SMILES string of the molecule is CCC1CNC(CC)(CC)CN1c1ccc(F)cc1I. The molecule has 112 valence electrons. The molecule has 1 fully saturated rings. The largest absolute Gasteiger partial charge is 0.365 e. The van der Waals surface area contributed by atoms with Crippen molar-refractivity contribution in [1.29, 1.82) is 0 Å². The zero-order valence-corrected chi connectivity index (χ0v) is 14.7. The van der Waals surface area contributed by atoms with Gasteiger partial charge in [0.2, 0.25) is 0 Å². The van der Waals surface area contributed by atoms with E-state index in [1.54, 1.807) is 12.1 Å². The molecule has 0 radical (unpaired) electrons. The van der Waals surface area contributed by atoms with Crippen LogP contribution in [0.15, 0.2) is 18.2 Å². The second kappa shape index (κ2) is 6.60. The molecule has 1 aromatic rings. The van der Waals surface area contributed by atoms with Crippen molar-refractivity contribution in [3.8, 4) is 0 Å². The summed E-state index contributed by atoms with van der Waals surface area (Å²) in [5, 5.41) is 3.75. The highest BCUT2D eigenvalue weighted by atomic mass is 127. The van der Waals surface area contributed by atoms with Crippen LogP contribution in [-0.2, 0) is 0 Å². The number of rotatable bonds is 4. The minimum absolute atomic E-state index is 0.154. The molecule has 1 aliphatic heterocycles. The Morgan fingerprint density at radius 3 is 2.60 bits per heavy atom. The lowest BCUT2D eigenvalue weighted by molar-refractivity contribution is 0.246. The summed E-state index contributed by atoms with van der Waals surface area (Å²) < 4.78 is 14.3. The van der Waals surface area contributed by atoms with E-state index in [1.807, 2.05) is 6.07 Å². The van der Waals surface area contributed by atoms with Crippen molar-refractivity contribution in [3.05, 3.63) is 27.6 Å². The molecule has 2 rings (SSSR count). The van der Waals surface area contributed by atoms with E-state index in [2.05, 4.69) is 53.6 Å². The third-order valence-corrected chi connectivity index (χ3v) is 5.53. The van der Waals surface area contributed by atoms with E-state index in [9.17, 15) is 4.39 Å². The average molecular weight is 390 g/mol. The van der Waals surface area contributed by atoms with Gasteiger partial charge in [0.1, 0.15) is 5.82 Å². The van der Waals surface area contributed by atoms with Crippen LogP contribution < -0.4 is 10.2 Å². The van der Waals surface area contributed by atoms with E-state index < -0.39 is 0 Å². The van der Waals surface area contributed by atoms with Gasteiger partial charge in [-0.2, -0.15) is 0 Å². The summed E-state index contributed by atoms with van der Waals surface area (Å²) >= 11 is 2.25. The molecular formula is C16H24FIN2. The average Bonchev–Trinajstić information content (AvgIpc) is 2.46. The van der Waals surface area contributed by atoms with E-state index in [1.165, 1.54) is 5.69 Å². The van der Waals surface area contributed by atoms with E-state index >= 15 is 0 Å². The highest BCUT2D eigenvalue weighted by Crippen LogP contribution is 2.31. The summed E-state index contributed by atoms with van der Waals surface area (Å²) in [5.74, 6) is -0.154. The Labute approximate surface area is 135 Å². The summed E-state index contributed by atoms with van der Waals surface area (Å²) in [6.45, 7) is 8.72. The van der Waals surface area contributed by atoms with Gasteiger partial charge in [0.05, 0.1) is 5.69 Å². The zero-order chi connectivity index (χ0) is 14.8. The van der Waals surface area contributed by atoms with Crippen molar-refractivity contribution in [2.24, 2.45) is 0 Å². The van der Waals surface area contributed by atoms with Gasteiger partial charge < -0.3 is 10.2 Å². The number of nitrogens with one attached hydrogen (secondary N) is 1. The minimum atomic E-state index is -0.154. The van der Waals surface area contributed by atoms with Crippen LogP contribution in [0, 0.1) is 9.39 Å². The van der Waals surface area contributed by atoms with Gasteiger partial charge in [0.25, 0.3) is 0 Å². The molecule has 0 aromatic heterocycles. The lowest BCUT2D eigenvalue weighted by atomic mass is 9.87.